The van der Waals surface area contributed by atoms with Crippen molar-refractivity contribution in [1.29, 1.82) is 0 Å². The van der Waals surface area contributed by atoms with E-state index in [4.69, 9.17) is 16.0 Å². The highest BCUT2D eigenvalue weighted by molar-refractivity contribution is 6.30. The third kappa shape index (κ3) is 3.15. The molecule has 0 spiro atoms. The fraction of sp³-hybridized carbons (Fsp3) is 0.300. The lowest BCUT2D eigenvalue weighted by atomic mass is 10.0. The number of rotatable bonds is 5. The third-order valence-corrected chi connectivity index (χ3v) is 4.72. The molecule has 3 aromatic rings. The predicted molar refractivity (Wildman–Crippen MR) is 95.8 cm³/mol. The van der Waals surface area contributed by atoms with Crippen molar-refractivity contribution in [1.82, 2.24) is 5.32 Å². The van der Waals surface area contributed by atoms with Crippen molar-refractivity contribution in [3.8, 4) is 11.1 Å². The molecule has 23 heavy (non-hydrogen) atoms. The summed E-state index contributed by atoms with van der Waals surface area (Å²) in [4.78, 5) is 0. The van der Waals surface area contributed by atoms with Crippen LogP contribution < -0.4 is 5.32 Å². The Morgan fingerprint density at radius 1 is 1.13 bits per heavy atom. The molecule has 1 aliphatic carbocycles. The Balaban J connectivity index is 1.76. The van der Waals surface area contributed by atoms with Crippen LogP contribution in [0.1, 0.15) is 24.2 Å². The standard InChI is InChI=1S/C20H20ClNO/c1-13-2-9-18-17(10-13)20(15-5-7-16(21)8-6-15)19(23-18)12-22-11-14-3-4-14/h2,5-10,14,22H,3-4,11-12H2,1H3. The Morgan fingerprint density at radius 3 is 2.65 bits per heavy atom. The molecule has 4 rings (SSSR count). The number of hydrogen-bond donors (Lipinski definition) is 1. The molecule has 0 bridgehead atoms. The predicted octanol–water partition coefficient (Wildman–Crippen LogP) is 5.56. The average Bonchev–Trinajstić information content (AvgIpc) is 3.29. The molecule has 2 aromatic carbocycles. The van der Waals surface area contributed by atoms with E-state index < -0.39 is 0 Å². The summed E-state index contributed by atoms with van der Waals surface area (Å²) in [6.07, 6.45) is 2.72. The number of benzene rings is 2. The van der Waals surface area contributed by atoms with Gasteiger partial charge in [0.15, 0.2) is 0 Å². The molecule has 1 fully saturated rings. The Kier molecular flexibility index (Phi) is 3.88. The normalized spacial score (nSPS) is 14.5. The molecule has 0 unspecified atom stereocenters. The molecule has 2 nitrogen and oxygen atoms in total. The summed E-state index contributed by atoms with van der Waals surface area (Å²) in [5, 5.41) is 5.47. The van der Waals surface area contributed by atoms with E-state index in [1.165, 1.54) is 29.4 Å². The van der Waals surface area contributed by atoms with Gasteiger partial charge in [-0.3, -0.25) is 0 Å². The van der Waals surface area contributed by atoms with Gasteiger partial charge in [0.05, 0.1) is 6.54 Å². The Labute approximate surface area is 141 Å². The SMILES string of the molecule is Cc1ccc2oc(CNCC3CC3)c(-c3ccc(Cl)cc3)c2c1. The first-order valence-corrected chi connectivity index (χ1v) is 8.57. The highest BCUT2D eigenvalue weighted by Crippen LogP contribution is 2.36. The second-order valence-corrected chi connectivity index (χ2v) is 6.92. The van der Waals surface area contributed by atoms with Gasteiger partial charge in [0.1, 0.15) is 11.3 Å². The number of nitrogens with one attached hydrogen (secondary N) is 1. The van der Waals surface area contributed by atoms with Crippen LogP contribution in [0.15, 0.2) is 46.9 Å². The van der Waals surface area contributed by atoms with Gasteiger partial charge in [-0.05, 0) is 62.1 Å². The first-order valence-electron chi connectivity index (χ1n) is 8.19. The lowest BCUT2D eigenvalue weighted by Crippen LogP contribution is -2.16. The maximum absolute atomic E-state index is 6.15. The van der Waals surface area contributed by atoms with Gasteiger partial charge in [0.25, 0.3) is 0 Å². The molecule has 1 aliphatic rings. The number of halogens is 1. The van der Waals surface area contributed by atoms with Crippen LogP contribution in [0, 0.1) is 12.8 Å². The largest absolute Gasteiger partial charge is 0.459 e. The summed E-state index contributed by atoms with van der Waals surface area (Å²) in [6, 6.07) is 14.4. The van der Waals surface area contributed by atoms with E-state index in [0.717, 1.165) is 40.9 Å². The van der Waals surface area contributed by atoms with Gasteiger partial charge in [-0.15, -0.1) is 0 Å². The van der Waals surface area contributed by atoms with Gasteiger partial charge in [-0.25, -0.2) is 0 Å². The molecular formula is C20H20ClNO. The van der Waals surface area contributed by atoms with Crippen molar-refractivity contribution >= 4 is 22.6 Å². The van der Waals surface area contributed by atoms with E-state index in [1.807, 2.05) is 12.1 Å². The summed E-state index contributed by atoms with van der Waals surface area (Å²) in [7, 11) is 0. The number of hydrogen-bond acceptors (Lipinski definition) is 2. The fourth-order valence-corrected chi connectivity index (χ4v) is 3.16. The second kappa shape index (κ2) is 6.03. The minimum Gasteiger partial charge on any atom is -0.459 e. The van der Waals surface area contributed by atoms with Gasteiger partial charge >= 0.3 is 0 Å². The molecule has 3 heteroatoms. The first kappa shape index (κ1) is 14.8. The van der Waals surface area contributed by atoms with Gasteiger partial charge in [-0.1, -0.05) is 35.4 Å². The van der Waals surface area contributed by atoms with E-state index >= 15 is 0 Å². The summed E-state index contributed by atoms with van der Waals surface area (Å²) < 4.78 is 6.15. The van der Waals surface area contributed by atoms with E-state index in [1.54, 1.807) is 0 Å². The Bertz CT molecular complexity index is 831. The smallest absolute Gasteiger partial charge is 0.135 e. The summed E-state index contributed by atoms with van der Waals surface area (Å²) in [5.74, 6) is 1.87. The van der Waals surface area contributed by atoms with Crippen molar-refractivity contribution in [3.05, 3.63) is 58.8 Å². The molecule has 0 amide bonds. The Morgan fingerprint density at radius 2 is 1.91 bits per heavy atom. The van der Waals surface area contributed by atoms with Crippen LogP contribution in [-0.2, 0) is 6.54 Å². The number of aryl methyl sites for hydroxylation is 1. The van der Waals surface area contributed by atoms with Crippen molar-refractivity contribution < 1.29 is 4.42 Å². The van der Waals surface area contributed by atoms with E-state index in [0.29, 0.717) is 0 Å². The highest BCUT2D eigenvalue weighted by atomic mass is 35.5. The van der Waals surface area contributed by atoms with Crippen LogP contribution in [0.3, 0.4) is 0 Å². The summed E-state index contributed by atoms with van der Waals surface area (Å²) in [6.45, 7) is 3.96. The van der Waals surface area contributed by atoms with Crippen LogP contribution >= 0.6 is 11.6 Å². The Hall–Kier alpha value is -1.77. The lowest BCUT2D eigenvalue weighted by molar-refractivity contribution is 0.508. The fourth-order valence-electron chi connectivity index (χ4n) is 3.03. The van der Waals surface area contributed by atoms with Crippen LogP contribution in [0.25, 0.3) is 22.1 Å². The van der Waals surface area contributed by atoms with Gasteiger partial charge < -0.3 is 9.73 Å². The molecule has 1 heterocycles. The highest BCUT2D eigenvalue weighted by Gasteiger charge is 2.21. The molecule has 1 aromatic heterocycles. The zero-order chi connectivity index (χ0) is 15.8. The van der Waals surface area contributed by atoms with Gasteiger partial charge in [0, 0.05) is 16.0 Å². The summed E-state index contributed by atoms with van der Waals surface area (Å²) in [5.41, 5.74) is 4.53. The first-order chi connectivity index (χ1) is 11.2. The van der Waals surface area contributed by atoms with Gasteiger partial charge in [-0.2, -0.15) is 0 Å². The summed E-state index contributed by atoms with van der Waals surface area (Å²) >= 11 is 6.05. The minimum absolute atomic E-state index is 0.756. The van der Waals surface area contributed by atoms with Crippen LogP contribution in [0.4, 0.5) is 0 Å². The monoisotopic (exact) mass is 325 g/mol. The van der Waals surface area contributed by atoms with Crippen molar-refractivity contribution in [2.45, 2.75) is 26.3 Å². The zero-order valence-corrected chi connectivity index (χ0v) is 14.0. The van der Waals surface area contributed by atoms with Crippen LogP contribution in [0.2, 0.25) is 5.02 Å². The second-order valence-electron chi connectivity index (χ2n) is 6.48. The maximum Gasteiger partial charge on any atom is 0.135 e. The molecule has 0 saturated heterocycles. The number of fused-ring (bicyclic) bond motifs is 1. The average molecular weight is 326 g/mol. The van der Waals surface area contributed by atoms with E-state index in [2.05, 4.69) is 42.6 Å². The maximum atomic E-state index is 6.15. The van der Waals surface area contributed by atoms with Gasteiger partial charge in [0.2, 0.25) is 0 Å². The van der Waals surface area contributed by atoms with Crippen LogP contribution in [-0.4, -0.2) is 6.54 Å². The zero-order valence-electron chi connectivity index (χ0n) is 13.2. The molecule has 0 atom stereocenters. The molecular weight excluding hydrogens is 306 g/mol. The molecule has 1 saturated carbocycles. The number of furan rings is 1. The molecule has 0 aliphatic heterocycles. The topological polar surface area (TPSA) is 25.2 Å². The minimum atomic E-state index is 0.756. The molecule has 118 valence electrons. The quantitative estimate of drug-likeness (QED) is 0.664. The van der Waals surface area contributed by atoms with Crippen molar-refractivity contribution in [3.63, 3.8) is 0 Å². The molecule has 0 radical (unpaired) electrons. The van der Waals surface area contributed by atoms with Crippen molar-refractivity contribution in [2.75, 3.05) is 6.54 Å². The van der Waals surface area contributed by atoms with Crippen molar-refractivity contribution in [2.24, 2.45) is 5.92 Å². The lowest BCUT2D eigenvalue weighted by Gasteiger charge is -2.06. The van der Waals surface area contributed by atoms with Crippen LogP contribution in [0.5, 0.6) is 0 Å². The molecule has 1 N–H and O–H groups in total. The third-order valence-electron chi connectivity index (χ3n) is 4.46. The van der Waals surface area contributed by atoms with E-state index in [-0.39, 0.29) is 0 Å². The van der Waals surface area contributed by atoms with E-state index in [9.17, 15) is 0 Å².